The maximum Gasteiger partial charge on any atom is 0.416 e. The van der Waals surface area contributed by atoms with Gasteiger partial charge in [-0.1, -0.05) is 6.92 Å². The first-order valence-corrected chi connectivity index (χ1v) is 12.5. The van der Waals surface area contributed by atoms with E-state index in [1.165, 1.54) is 6.92 Å². The van der Waals surface area contributed by atoms with E-state index in [2.05, 4.69) is 4.98 Å². The number of benzene rings is 2. The van der Waals surface area contributed by atoms with E-state index in [1.54, 1.807) is 6.07 Å². The van der Waals surface area contributed by atoms with Crippen molar-refractivity contribution in [2.75, 3.05) is 4.90 Å². The highest BCUT2D eigenvalue weighted by Gasteiger charge is 2.47. The number of carbonyl (C=O) groups is 1. The molecule has 1 amide bonds. The smallest absolute Gasteiger partial charge is 0.416 e. The van der Waals surface area contributed by atoms with Gasteiger partial charge in [0.05, 0.1) is 33.6 Å². The first-order valence-electron chi connectivity index (χ1n) is 12.5. The van der Waals surface area contributed by atoms with Gasteiger partial charge in [0.25, 0.3) is 0 Å². The van der Waals surface area contributed by atoms with E-state index in [-0.39, 0.29) is 47.0 Å². The fraction of sp³-hybridized carbons (Fsp3) is 0.321. The Hall–Kier alpha value is -4.32. The quantitative estimate of drug-likeness (QED) is 0.293. The highest BCUT2D eigenvalue weighted by atomic mass is 19.4. The highest BCUT2D eigenvalue weighted by Crippen LogP contribution is 2.48. The van der Waals surface area contributed by atoms with Crippen LogP contribution < -0.4 is 10.6 Å². The number of pyridine rings is 1. The first-order chi connectivity index (χ1) is 19.8. The van der Waals surface area contributed by atoms with Crippen molar-refractivity contribution in [1.29, 1.82) is 5.26 Å². The Morgan fingerprint density at radius 2 is 1.58 bits per heavy atom. The molecule has 0 fully saturated rings. The molecule has 4 rings (SSSR count). The lowest BCUT2D eigenvalue weighted by atomic mass is 9.77. The third kappa shape index (κ3) is 6.24. The van der Waals surface area contributed by atoms with Crippen LogP contribution in [0.25, 0.3) is 0 Å². The standard InChI is InChI=1S/C28H21F9N4O2/c1-2-25(39)11-21(20-10-17(26(29,30)31)3-4-22(20)41(25)24(42)43)23-16(6-15(12-38)13-40-23)5-14-7-18(27(32,33)34)9-19(8-14)28(35,36)37/h3-4,6-10,13,21H,2,5,11,39H2,1H3,(H,42,43)/t21-,25+/m0/s1. The van der Waals surface area contributed by atoms with Gasteiger partial charge in [-0.3, -0.25) is 9.88 Å². The molecule has 0 aliphatic carbocycles. The second kappa shape index (κ2) is 10.7. The van der Waals surface area contributed by atoms with Crippen LogP contribution in [0.2, 0.25) is 0 Å². The number of amides is 1. The van der Waals surface area contributed by atoms with E-state index in [4.69, 9.17) is 5.73 Å². The molecule has 0 spiro atoms. The number of hydrogen-bond acceptors (Lipinski definition) is 4. The monoisotopic (exact) mass is 616 g/mol. The number of nitriles is 1. The van der Waals surface area contributed by atoms with Gasteiger partial charge in [-0.2, -0.15) is 44.8 Å². The maximum atomic E-state index is 13.7. The molecule has 0 radical (unpaired) electrons. The Kier molecular flexibility index (Phi) is 7.90. The van der Waals surface area contributed by atoms with Crippen molar-refractivity contribution in [3.8, 4) is 6.07 Å². The van der Waals surface area contributed by atoms with Crippen molar-refractivity contribution in [2.24, 2.45) is 5.73 Å². The molecule has 0 unspecified atom stereocenters. The molecule has 2 atom stereocenters. The lowest BCUT2D eigenvalue weighted by Crippen LogP contribution is -2.61. The summed E-state index contributed by atoms with van der Waals surface area (Å²) >= 11 is 0. The van der Waals surface area contributed by atoms with Crippen LogP contribution in [0.1, 0.15) is 70.3 Å². The topological polar surface area (TPSA) is 103 Å². The van der Waals surface area contributed by atoms with E-state index < -0.39 is 64.9 Å². The normalized spacial score (nSPS) is 19.1. The lowest BCUT2D eigenvalue weighted by molar-refractivity contribution is -0.143. The number of rotatable bonds is 4. The molecule has 1 aliphatic rings. The summed E-state index contributed by atoms with van der Waals surface area (Å²) < 4.78 is 122. The Morgan fingerprint density at radius 3 is 2.07 bits per heavy atom. The molecular formula is C28H21F9N4O2. The Labute approximate surface area is 238 Å². The molecule has 228 valence electrons. The second-order valence-corrected chi connectivity index (χ2v) is 10.1. The first kappa shape index (κ1) is 31.6. The highest BCUT2D eigenvalue weighted by molar-refractivity contribution is 5.90. The number of aromatic nitrogens is 1. The summed E-state index contributed by atoms with van der Waals surface area (Å²) in [5.74, 6) is -1.19. The van der Waals surface area contributed by atoms with E-state index in [9.17, 15) is 54.7 Å². The van der Waals surface area contributed by atoms with Crippen LogP contribution in [-0.4, -0.2) is 21.8 Å². The van der Waals surface area contributed by atoms with Gasteiger partial charge in [-0.15, -0.1) is 0 Å². The van der Waals surface area contributed by atoms with Gasteiger partial charge in [0.1, 0.15) is 11.7 Å². The van der Waals surface area contributed by atoms with Crippen LogP contribution in [0.5, 0.6) is 0 Å². The molecule has 2 aromatic carbocycles. The summed E-state index contributed by atoms with van der Waals surface area (Å²) in [6.45, 7) is 1.54. The van der Waals surface area contributed by atoms with Gasteiger partial charge >= 0.3 is 24.6 Å². The molecule has 2 heterocycles. The van der Waals surface area contributed by atoms with Crippen LogP contribution in [-0.2, 0) is 24.9 Å². The summed E-state index contributed by atoms with van der Waals surface area (Å²) in [6, 6.07) is 6.20. The zero-order valence-corrected chi connectivity index (χ0v) is 22.0. The zero-order chi connectivity index (χ0) is 32.1. The van der Waals surface area contributed by atoms with Gasteiger partial charge in [0.2, 0.25) is 0 Å². The predicted octanol–water partition coefficient (Wildman–Crippen LogP) is 7.69. The van der Waals surface area contributed by atoms with Crippen molar-refractivity contribution in [3.63, 3.8) is 0 Å². The molecule has 1 aromatic heterocycles. The van der Waals surface area contributed by atoms with Crippen LogP contribution in [0, 0.1) is 11.3 Å². The van der Waals surface area contributed by atoms with Crippen LogP contribution in [0.4, 0.5) is 50.0 Å². The third-order valence-electron chi connectivity index (χ3n) is 7.28. The summed E-state index contributed by atoms with van der Waals surface area (Å²) in [5, 5.41) is 19.4. The van der Waals surface area contributed by atoms with Crippen molar-refractivity contribution < 1.29 is 49.4 Å². The molecule has 3 N–H and O–H groups in total. The second-order valence-electron chi connectivity index (χ2n) is 10.1. The fourth-order valence-corrected chi connectivity index (χ4v) is 5.23. The van der Waals surface area contributed by atoms with E-state index in [0.29, 0.717) is 24.3 Å². The molecule has 43 heavy (non-hydrogen) atoms. The van der Waals surface area contributed by atoms with Gasteiger partial charge in [0, 0.05) is 12.1 Å². The molecule has 3 aromatic rings. The third-order valence-corrected chi connectivity index (χ3v) is 7.28. The summed E-state index contributed by atoms with van der Waals surface area (Å²) in [4.78, 5) is 17.2. The van der Waals surface area contributed by atoms with E-state index >= 15 is 0 Å². The molecular weight excluding hydrogens is 595 g/mol. The van der Waals surface area contributed by atoms with Gasteiger partial charge in [-0.05, 0) is 78.4 Å². The Bertz CT molecular complexity index is 1580. The number of anilines is 1. The van der Waals surface area contributed by atoms with Crippen LogP contribution >= 0.6 is 0 Å². The van der Waals surface area contributed by atoms with Crippen molar-refractivity contribution >= 4 is 11.8 Å². The summed E-state index contributed by atoms with van der Waals surface area (Å²) in [7, 11) is 0. The number of fused-ring (bicyclic) bond motifs is 1. The van der Waals surface area contributed by atoms with Gasteiger partial charge < -0.3 is 10.8 Å². The van der Waals surface area contributed by atoms with Crippen LogP contribution in [0.3, 0.4) is 0 Å². The minimum Gasteiger partial charge on any atom is -0.465 e. The van der Waals surface area contributed by atoms with Crippen LogP contribution in [0.15, 0.2) is 48.7 Å². The van der Waals surface area contributed by atoms with E-state index in [0.717, 1.165) is 23.2 Å². The fourth-order valence-electron chi connectivity index (χ4n) is 5.23. The predicted molar refractivity (Wildman–Crippen MR) is 134 cm³/mol. The summed E-state index contributed by atoms with van der Waals surface area (Å²) in [6.07, 6.45) is -16.6. The lowest BCUT2D eigenvalue weighted by Gasteiger charge is -2.46. The number of hydrogen-bond donors (Lipinski definition) is 2. The molecule has 0 bridgehead atoms. The average Bonchev–Trinajstić information content (AvgIpc) is 2.90. The maximum absolute atomic E-state index is 13.7. The molecule has 0 saturated carbocycles. The number of halogens is 9. The number of nitrogens with two attached hydrogens (primary N) is 1. The van der Waals surface area contributed by atoms with E-state index in [1.807, 2.05) is 0 Å². The largest absolute Gasteiger partial charge is 0.465 e. The number of carboxylic acid groups (broad SMARTS) is 1. The number of nitrogens with zero attached hydrogens (tertiary/aromatic N) is 3. The SMILES string of the molecule is CC[C@]1(N)C[C@H](c2ncc(C#N)cc2Cc2cc(C(F)(F)F)cc(C(F)(F)F)c2)c2cc(C(F)(F)F)ccc2N1C(=O)O. The molecule has 1 aliphatic heterocycles. The minimum absolute atomic E-state index is 0.0234. The van der Waals surface area contributed by atoms with Crippen molar-refractivity contribution in [2.45, 2.75) is 56.3 Å². The Balaban J connectivity index is 1.97. The number of alkyl halides is 9. The Morgan fingerprint density at radius 1 is 1.00 bits per heavy atom. The summed E-state index contributed by atoms with van der Waals surface area (Å²) in [5.41, 5.74) is -0.608. The molecule has 0 saturated heterocycles. The molecule has 6 nitrogen and oxygen atoms in total. The van der Waals surface area contributed by atoms with Crippen molar-refractivity contribution in [1.82, 2.24) is 4.98 Å². The zero-order valence-electron chi connectivity index (χ0n) is 22.0. The van der Waals surface area contributed by atoms with Crippen molar-refractivity contribution in [3.05, 3.63) is 93.3 Å². The van der Waals surface area contributed by atoms with Gasteiger partial charge in [-0.25, -0.2) is 4.79 Å². The minimum atomic E-state index is -5.14. The average molecular weight is 616 g/mol. The van der Waals surface area contributed by atoms with Gasteiger partial charge in [0.15, 0.2) is 0 Å². The molecule has 15 heteroatoms.